The fourth-order valence-corrected chi connectivity index (χ4v) is 3.12. The summed E-state index contributed by atoms with van der Waals surface area (Å²) in [5.41, 5.74) is 1.64. The molecule has 0 amide bonds. The molecule has 16 heavy (non-hydrogen) atoms. The monoisotopic (exact) mass is 224 g/mol. The maximum atomic E-state index is 5.56. The van der Waals surface area contributed by atoms with E-state index in [1.807, 2.05) is 0 Å². The average Bonchev–Trinajstić information content (AvgIpc) is 2.78. The minimum absolute atomic E-state index is 0.00709. The molecule has 1 saturated carbocycles. The summed E-state index contributed by atoms with van der Waals surface area (Å²) in [6.45, 7) is 12.8. The van der Waals surface area contributed by atoms with Gasteiger partial charge in [0.15, 0.2) is 6.29 Å². The molecule has 92 valence electrons. The van der Waals surface area contributed by atoms with Crippen LogP contribution in [0, 0.1) is 17.3 Å². The van der Waals surface area contributed by atoms with E-state index >= 15 is 0 Å². The topological polar surface area (TPSA) is 18.5 Å². The van der Waals surface area contributed by atoms with Gasteiger partial charge in [-0.1, -0.05) is 32.9 Å². The number of allylic oxidation sites excluding steroid dienone is 1. The highest BCUT2D eigenvalue weighted by molar-refractivity contribution is 5.19. The molecule has 1 aliphatic carbocycles. The summed E-state index contributed by atoms with van der Waals surface area (Å²) < 4.78 is 11.1. The minimum atomic E-state index is 0.00709. The van der Waals surface area contributed by atoms with Gasteiger partial charge >= 0.3 is 0 Å². The molecule has 0 spiro atoms. The molecular weight excluding hydrogens is 200 g/mol. The highest BCUT2D eigenvalue weighted by atomic mass is 16.7. The fourth-order valence-electron chi connectivity index (χ4n) is 3.12. The normalized spacial score (nSPS) is 36.5. The highest BCUT2D eigenvalue weighted by Crippen LogP contribution is 2.51. The van der Waals surface area contributed by atoms with Crippen molar-refractivity contribution >= 4 is 0 Å². The van der Waals surface area contributed by atoms with Gasteiger partial charge in [0.05, 0.1) is 13.2 Å². The molecule has 2 heteroatoms. The second-order valence-electron chi connectivity index (χ2n) is 5.85. The van der Waals surface area contributed by atoms with Crippen LogP contribution in [0.15, 0.2) is 12.2 Å². The van der Waals surface area contributed by atoms with Crippen LogP contribution in [0.3, 0.4) is 0 Å². The van der Waals surface area contributed by atoms with Crippen molar-refractivity contribution in [2.45, 2.75) is 46.3 Å². The lowest BCUT2D eigenvalue weighted by atomic mass is 9.78. The van der Waals surface area contributed by atoms with Crippen LogP contribution in [0.25, 0.3) is 0 Å². The minimum Gasteiger partial charge on any atom is -0.350 e. The van der Waals surface area contributed by atoms with Crippen molar-refractivity contribution in [3.05, 3.63) is 12.2 Å². The average molecular weight is 224 g/mol. The molecule has 2 rings (SSSR count). The maximum Gasteiger partial charge on any atom is 0.158 e. The Hall–Kier alpha value is -0.340. The summed E-state index contributed by atoms with van der Waals surface area (Å²) in [4.78, 5) is 0. The predicted molar refractivity (Wildman–Crippen MR) is 65.1 cm³/mol. The van der Waals surface area contributed by atoms with Gasteiger partial charge in [-0.05, 0) is 30.1 Å². The van der Waals surface area contributed by atoms with Crippen molar-refractivity contribution in [2.75, 3.05) is 13.2 Å². The summed E-state index contributed by atoms with van der Waals surface area (Å²) >= 11 is 0. The lowest BCUT2D eigenvalue weighted by molar-refractivity contribution is -0.0648. The van der Waals surface area contributed by atoms with Crippen LogP contribution in [0.4, 0.5) is 0 Å². The number of rotatable bonds is 3. The molecule has 0 aromatic carbocycles. The van der Waals surface area contributed by atoms with Gasteiger partial charge in [-0.25, -0.2) is 0 Å². The van der Waals surface area contributed by atoms with E-state index in [-0.39, 0.29) is 11.7 Å². The lowest BCUT2D eigenvalue weighted by Gasteiger charge is -2.30. The first kappa shape index (κ1) is 12.1. The molecule has 1 saturated heterocycles. The van der Waals surface area contributed by atoms with Gasteiger partial charge in [-0.2, -0.15) is 0 Å². The summed E-state index contributed by atoms with van der Waals surface area (Å²) in [5, 5.41) is 0. The Bertz CT molecular complexity index is 266. The molecule has 1 heterocycles. The summed E-state index contributed by atoms with van der Waals surface area (Å²) in [7, 11) is 0. The van der Waals surface area contributed by atoms with Crippen molar-refractivity contribution in [3.8, 4) is 0 Å². The van der Waals surface area contributed by atoms with Crippen molar-refractivity contribution in [1.29, 1.82) is 0 Å². The Balaban J connectivity index is 1.99. The van der Waals surface area contributed by atoms with Gasteiger partial charge in [0, 0.05) is 6.42 Å². The van der Waals surface area contributed by atoms with E-state index in [0.29, 0.717) is 11.8 Å². The second-order valence-corrected chi connectivity index (χ2v) is 5.85. The smallest absolute Gasteiger partial charge is 0.158 e. The van der Waals surface area contributed by atoms with Gasteiger partial charge < -0.3 is 9.47 Å². The molecule has 2 fully saturated rings. The van der Waals surface area contributed by atoms with Gasteiger partial charge in [0.25, 0.3) is 0 Å². The zero-order chi connectivity index (χ0) is 11.8. The molecule has 2 atom stereocenters. The third kappa shape index (κ3) is 2.18. The maximum absolute atomic E-state index is 5.56. The van der Waals surface area contributed by atoms with E-state index < -0.39 is 0 Å². The Morgan fingerprint density at radius 2 is 2.00 bits per heavy atom. The molecule has 0 unspecified atom stereocenters. The zero-order valence-corrected chi connectivity index (χ0v) is 10.8. The molecule has 1 aliphatic heterocycles. The SMILES string of the molecule is C=C1[C@H](C(C)C)CC[C@@]1(C)CC1OCCO1. The van der Waals surface area contributed by atoms with E-state index in [0.717, 1.165) is 19.6 Å². The molecule has 0 aromatic rings. The number of ether oxygens (including phenoxy) is 2. The van der Waals surface area contributed by atoms with Crippen LogP contribution in [0.1, 0.15) is 40.0 Å². The van der Waals surface area contributed by atoms with Crippen LogP contribution >= 0.6 is 0 Å². The van der Waals surface area contributed by atoms with Crippen LogP contribution in [0.5, 0.6) is 0 Å². The molecule has 0 aromatic heterocycles. The first-order chi connectivity index (χ1) is 7.53. The molecule has 0 bridgehead atoms. The van der Waals surface area contributed by atoms with Crippen molar-refractivity contribution in [1.82, 2.24) is 0 Å². The van der Waals surface area contributed by atoms with Gasteiger partial charge in [-0.15, -0.1) is 0 Å². The predicted octanol–water partition coefficient (Wildman–Crippen LogP) is 3.38. The standard InChI is InChI=1S/C14H24O2/c1-10(2)12-5-6-14(4,11(12)3)9-13-15-7-8-16-13/h10,12-13H,3,5-9H2,1-2,4H3/t12-,14-/m0/s1. The van der Waals surface area contributed by atoms with Crippen LogP contribution < -0.4 is 0 Å². The van der Waals surface area contributed by atoms with E-state index in [1.165, 1.54) is 18.4 Å². The van der Waals surface area contributed by atoms with Crippen LogP contribution in [0.2, 0.25) is 0 Å². The van der Waals surface area contributed by atoms with Crippen molar-refractivity contribution in [2.24, 2.45) is 17.3 Å². The van der Waals surface area contributed by atoms with Crippen molar-refractivity contribution < 1.29 is 9.47 Å². The van der Waals surface area contributed by atoms with Crippen LogP contribution in [-0.2, 0) is 9.47 Å². The quantitative estimate of drug-likeness (QED) is 0.684. The Morgan fingerprint density at radius 3 is 2.50 bits per heavy atom. The largest absolute Gasteiger partial charge is 0.350 e. The Labute approximate surface area is 99.0 Å². The third-order valence-corrected chi connectivity index (χ3v) is 4.34. The Morgan fingerprint density at radius 1 is 1.38 bits per heavy atom. The number of hydrogen-bond acceptors (Lipinski definition) is 2. The summed E-state index contributed by atoms with van der Waals surface area (Å²) in [6.07, 6.45) is 3.50. The lowest BCUT2D eigenvalue weighted by Crippen LogP contribution is -2.24. The van der Waals surface area contributed by atoms with Gasteiger partial charge in [0.1, 0.15) is 0 Å². The molecule has 2 nitrogen and oxygen atoms in total. The molecule has 2 aliphatic rings. The molecular formula is C14H24O2. The summed E-state index contributed by atoms with van der Waals surface area (Å²) in [5.74, 6) is 1.39. The first-order valence-electron chi connectivity index (χ1n) is 6.45. The van der Waals surface area contributed by atoms with Crippen LogP contribution in [-0.4, -0.2) is 19.5 Å². The third-order valence-electron chi connectivity index (χ3n) is 4.34. The van der Waals surface area contributed by atoms with E-state index in [1.54, 1.807) is 0 Å². The van der Waals surface area contributed by atoms with Gasteiger partial charge in [-0.3, -0.25) is 0 Å². The van der Waals surface area contributed by atoms with Crippen molar-refractivity contribution in [3.63, 3.8) is 0 Å². The molecule has 0 radical (unpaired) electrons. The second kappa shape index (κ2) is 4.50. The fraction of sp³-hybridized carbons (Fsp3) is 0.857. The Kier molecular flexibility index (Phi) is 3.41. The highest BCUT2D eigenvalue weighted by Gasteiger charge is 2.42. The summed E-state index contributed by atoms with van der Waals surface area (Å²) in [6, 6.07) is 0. The van der Waals surface area contributed by atoms with E-state index in [4.69, 9.17) is 9.47 Å². The number of hydrogen-bond donors (Lipinski definition) is 0. The van der Waals surface area contributed by atoms with Gasteiger partial charge in [0.2, 0.25) is 0 Å². The first-order valence-corrected chi connectivity index (χ1v) is 6.45. The zero-order valence-electron chi connectivity index (χ0n) is 10.8. The van der Waals surface area contributed by atoms with E-state index in [9.17, 15) is 0 Å². The van der Waals surface area contributed by atoms with E-state index in [2.05, 4.69) is 27.4 Å². The molecule has 0 N–H and O–H groups in total.